The lowest BCUT2D eigenvalue weighted by Gasteiger charge is -2.23. The highest BCUT2D eigenvalue weighted by Gasteiger charge is 2.29. The van der Waals surface area contributed by atoms with E-state index in [-0.39, 0.29) is 0 Å². The summed E-state index contributed by atoms with van der Waals surface area (Å²) in [7, 11) is 1.63. The summed E-state index contributed by atoms with van der Waals surface area (Å²) in [4.78, 5) is 4.59. The van der Waals surface area contributed by atoms with E-state index in [1.54, 1.807) is 7.11 Å². The fraction of sp³-hybridized carbons (Fsp3) is 0.160. The minimum absolute atomic E-state index is 0.397. The molecule has 0 saturated carbocycles. The first-order valence-corrected chi connectivity index (χ1v) is 11.6. The van der Waals surface area contributed by atoms with E-state index in [1.165, 1.54) is 11.8 Å². The Balaban J connectivity index is 1.57. The first-order valence-electron chi connectivity index (χ1n) is 10.4. The second-order valence-corrected chi connectivity index (χ2v) is 8.07. The summed E-state index contributed by atoms with van der Waals surface area (Å²) < 4.78 is 18.3. The Hall–Kier alpha value is -3.78. The summed E-state index contributed by atoms with van der Waals surface area (Å²) in [5.74, 6) is 1.64. The van der Waals surface area contributed by atoms with Crippen LogP contribution in [0.15, 0.2) is 78.0 Å². The average Bonchev–Trinajstić information content (AvgIpc) is 3.04. The maximum Gasteiger partial charge on any atom is 0.247 e. The van der Waals surface area contributed by atoms with Gasteiger partial charge in [-0.1, -0.05) is 66.4 Å². The number of anilines is 1. The molecule has 1 aliphatic heterocycles. The van der Waals surface area contributed by atoms with Crippen LogP contribution in [-0.4, -0.2) is 28.5 Å². The summed E-state index contributed by atoms with van der Waals surface area (Å²) >= 11 is 1.41. The molecular formula is C25H22N4O3S. The molecule has 0 aliphatic carbocycles. The number of nitrogens with zero attached hydrogens (tertiary/aromatic N) is 3. The molecule has 0 amide bonds. The normalized spacial score (nSPS) is 14.2. The Morgan fingerprint density at radius 2 is 1.79 bits per heavy atom. The van der Waals surface area contributed by atoms with Gasteiger partial charge in [0, 0.05) is 11.3 Å². The van der Waals surface area contributed by atoms with Crippen molar-refractivity contribution in [2.45, 2.75) is 18.0 Å². The van der Waals surface area contributed by atoms with Gasteiger partial charge < -0.3 is 19.5 Å². The van der Waals surface area contributed by atoms with Crippen molar-refractivity contribution in [1.29, 1.82) is 0 Å². The lowest BCUT2D eigenvalue weighted by atomic mass is 10.1. The predicted molar refractivity (Wildman–Crippen MR) is 128 cm³/mol. The van der Waals surface area contributed by atoms with E-state index in [1.807, 2.05) is 79.1 Å². The van der Waals surface area contributed by atoms with Crippen molar-refractivity contribution in [3.8, 4) is 28.6 Å². The number of hydrogen-bond acceptors (Lipinski definition) is 8. The van der Waals surface area contributed by atoms with Crippen molar-refractivity contribution in [1.82, 2.24) is 15.2 Å². The zero-order valence-electron chi connectivity index (χ0n) is 18.2. The van der Waals surface area contributed by atoms with Crippen LogP contribution in [0.1, 0.15) is 17.4 Å². The molecular weight excluding hydrogens is 436 g/mol. The van der Waals surface area contributed by atoms with Crippen molar-refractivity contribution in [2.75, 3.05) is 18.7 Å². The van der Waals surface area contributed by atoms with Gasteiger partial charge in [0.25, 0.3) is 0 Å². The quantitative estimate of drug-likeness (QED) is 0.387. The number of nitrogens with one attached hydrogen (secondary N) is 1. The van der Waals surface area contributed by atoms with Gasteiger partial charge in [-0.2, -0.15) is 4.98 Å². The smallest absolute Gasteiger partial charge is 0.247 e. The number of para-hydroxylation sites is 2. The fourth-order valence-electron chi connectivity index (χ4n) is 3.66. The van der Waals surface area contributed by atoms with E-state index >= 15 is 0 Å². The zero-order valence-corrected chi connectivity index (χ0v) is 19.0. The van der Waals surface area contributed by atoms with Gasteiger partial charge in [-0.15, -0.1) is 10.2 Å². The molecule has 5 rings (SSSR count). The molecule has 0 saturated heterocycles. The van der Waals surface area contributed by atoms with Crippen LogP contribution >= 0.6 is 11.8 Å². The molecule has 1 aliphatic rings. The van der Waals surface area contributed by atoms with E-state index < -0.39 is 6.23 Å². The maximum absolute atomic E-state index is 6.39. The summed E-state index contributed by atoms with van der Waals surface area (Å²) in [5.41, 5.74) is 4.18. The predicted octanol–water partition coefficient (Wildman–Crippen LogP) is 5.35. The molecule has 2 heterocycles. The molecule has 33 heavy (non-hydrogen) atoms. The van der Waals surface area contributed by atoms with Crippen LogP contribution < -0.4 is 19.5 Å². The molecule has 3 aromatic carbocycles. The van der Waals surface area contributed by atoms with Crippen molar-refractivity contribution in [3.63, 3.8) is 0 Å². The number of methoxy groups -OCH3 is 1. The number of ether oxygens (including phenoxy) is 3. The average molecular weight is 459 g/mol. The van der Waals surface area contributed by atoms with Gasteiger partial charge in [0.2, 0.25) is 17.3 Å². The fourth-order valence-corrected chi connectivity index (χ4v) is 3.96. The second-order valence-electron chi connectivity index (χ2n) is 7.29. The number of hydrogen-bond donors (Lipinski definition) is 1. The minimum atomic E-state index is -0.584. The molecule has 0 unspecified atom stereocenters. The topological polar surface area (TPSA) is 78.4 Å². The molecule has 8 heteroatoms. The van der Waals surface area contributed by atoms with Crippen LogP contribution in [0, 0.1) is 0 Å². The largest absolute Gasteiger partial charge is 0.493 e. The SMILES string of the molecule is COc1cccc([C@@H]2Nc3ccccc3-c3nnc(SC)nc3O2)c1OCc1ccccc1. The molecule has 7 nitrogen and oxygen atoms in total. The summed E-state index contributed by atoms with van der Waals surface area (Å²) in [6.07, 6.45) is 1.32. The zero-order chi connectivity index (χ0) is 22.6. The van der Waals surface area contributed by atoms with E-state index in [0.29, 0.717) is 34.8 Å². The Morgan fingerprint density at radius 3 is 2.61 bits per heavy atom. The first kappa shape index (κ1) is 21.1. The highest BCUT2D eigenvalue weighted by atomic mass is 32.2. The Bertz CT molecular complexity index is 1270. The summed E-state index contributed by atoms with van der Waals surface area (Å²) in [5, 5.41) is 12.6. The van der Waals surface area contributed by atoms with Crippen LogP contribution in [-0.2, 0) is 6.61 Å². The van der Waals surface area contributed by atoms with Crippen LogP contribution in [0.4, 0.5) is 5.69 Å². The van der Waals surface area contributed by atoms with Gasteiger partial charge in [-0.05, 0) is 30.0 Å². The molecule has 0 radical (unpaired) electrons. The standard InChI is InChI=1S/C25H22N4O3S/c1-30-20-14-8-12-18(22(20)31-15-16-9-4-3-5-10-16)23-26-19-13-7-6-11-17(19)21-24(32-23)27-25(33-2)29-28-21/h3-14,23,26H,15H2,1-2H3/t23-/m1/s1. The number of fused-ring (bicyclic) bond motifs is 3. The third-order valence-corrected chi connectivity index (χ3v) is 5.79. The number of rotatable bonds is 6. The van der Waals surface area contributed by atoms with E-state index in [9.17, 15) is 0 Å². The molecule has 0 fully saturated rings. The molecule has 1 N–H and O–H groups in total. The van der Waals surface area contributed by atoms with E-state index in [2.05, 4.69) is 20.5 Å². The molecule has 0 spiro atoms. The van der Waals surface area contributed by atoms with Crippen LogP contribution in [0.5, 0.6) is 17.4 Å². The molecule has 1 aromatic heterocycles. The number of thioether (sulfide) groups is 1. The molecule has 0 bridgehead atoms. The molecule has 4 aromatic rings. The van der Waals surface area contributed by atoms with Gasteiger partial charge in [-0.25, -0.2) is 0 Å². The molecule has 166 valence electrons. The van der Waals surface area contributed by atoms with Gasteiger partial charge in [-0.3, -0.25) is 0 Å². The van der Waals surface area contributed by atoms with Crippen molar-refractivity contribution < 1.29 is 14.2 Å². The minimum Gasteiger partial charge on any atom is -0.493 e. The monoisotopic (exact) mass is 458 g/mol. The van der Waals surface area contributed by atoms with Crippen LogP contribution in [0.3, 0.4) is 0 Å². The van der Waals surface area contributed by atoms with Crippen molar-refractivity contribution in [2.24, 2.45) is 0 Å². The third-order valence-electron chi connectivity index (χ3n) is 5.25. The van der Waals surface area contributed by atoms with Gasteiger partial charge in [0.05, 0.1) is 12.7 Å². The Morgan fingerprint density at radius 1 is 0.970 bits per heavy atom. The van der Waals surface area contributed by atoms with Crippen molar-refractivity contribution in [3.05, 3.63) is 83.9 Å². The third kappa shape index (κ3) is 4.29. The van der Waals surface area contributed by atoms with Gasteiger partial charge in [0.15, 0.2) is 17.2 Å². The summed E-state index contributed by atoms with van der Waals surface area (Å²) in [6, 6.07) is 23.6. The lowest BCUT2D eigenvalue weighted by Crippen LogP contribution is -2.18. The van der Waals surface area contributed by atoms with Gasteiger partial charge in [0.1, 0.15) is 6.61 Å². The number of benzene rings is 3. The van der Waals surface area contributed by atoms with Crippen LogP contribution in [0.25, 0.3) is 11.3 Å². The number of aromatic nitrogens is 3. The Kier molecular flexibility index (Phi) is 5.99. The second kappa shape index (κ2) is 9.38. The maximum atomic E-state index is 6.39. The summed E-state index contributed by atoms with van der Waals surface area (Å²) in [6.45, 7) is 0.397. The van der Waals surface area contributed by atoms with Crippen molar-refractivity contribution >= 4 is 17.4 Å². The first-order chi connectivity index (χ1) is 16.3. The van der Waals surface area contributed by atoms with E-state index in [0.717, 1.165) is 22.4 Å². The Labute approximate surface area is 196 Å². The highest BCUT2D eigenvalue weighted by Crippen LogP contribution is 2.43. The highest BCUT2D eigenvalue weighted by molar-refractivity contribution is 7.98. The van der Waals surface area contributed by atoms with E-state index in [4.69, 9.17) is 14.2 Å². The molecule has 1 atom stereocenters. The van der Waals surface area contributed by atoms with Gasteiger partial charge >= 0.3 is 0 Å². The lowest BCUT2D eigenvalue weighted by molar-refractivity contribution is 0.211. The van der Waals surface area contributed by atoms with Crippen LogP contribution in [0.2, 0.25) is 0 Å².